The van der Waals surface area contributed by atoms with Gasteiger partial charge >= 0.3 is 0 Å². The van der Waals surface area contributed by atoms with E-state index < -0.39 is 0 Å². The van der Waals surface area contributed by atoms with E-state index in [-0.39, 0.29) is 11.5 Å². The van der Waals surface area contributed by atoms with Crippen molar-refractivity contribution in [1.82, 2.24) is 0 Å². The molecule has 21 heavy (non-hydrogen) atoms. The Morgan fingerprint density at radius 3 is 2.19 bits per heavy atom. The van der Waals surface area contributed by atoms with E-state index in [0.717, 1.165) is 23.7 Å². The van der Waals surface area contributed by atoms with Gasteiger partial charge in [-0.2, -0.15) is 0 Å². The van der Waals surface area contributed by atoms with Gasteiger partial charge in [0, 0.05) is 9.89 Å². The highest BCUT2D eigenvalue weighted by molar-refractivity contribution is 9.10. The molecule has 1 nitrogen and oxygen atoms in total. The summed E-state index contributed by atoms with van der Waals surface area (Å²) in [5.41, 5.74) is 2.44. The first kappa shape index (κ1) is 14.8. The van der Waals surface area contributed by atoms with Crippen LogP contribution in [0.2, 0.25) is 0 Å². The average Bonchev–Trinajstić information content (AvgIpc) is 3.01. The van der Waals surface area contributed by atoms with Crippen LogP contribution in [0.15, 0.2) is 59.1 Å². The summed E-state index contributed by atoms with van der Waals surface area (Å²) in [6, 6.07) is 18.9. The van der Waals surface area contributed by atoms with Crippen LogP contribution in [0.1, 0.15) is 36.8 Å². The van der Waals surface area contributed by atoms with E-state index in [1.807, 2.05) is 18.2 Å². The minimum absolute atomic E-state index is 0.0612. The van der Waals surface area contributed by atoms with E-state index in [9.17, 15) is 5.11 Å². The fourth-order valence-electron chi connectivity index (χ4n) is 3.63. The minimum atomic E-state index is -0.316. The highest BCUT2D eigenvalue weighted by Gasteiger charge is 2.41. The Balaban J connectivity index is 1.85. The Bertz CT molecular complexity index is 570. The molecule has 110 valence electrons. The summed E-state index contributed by atoms with van der Waals surface area (Å²) in [7, 11) is 0. The summed E-state index contributed by atoms with van der Waals surface area (Å²) in [5, 5.41) is 11.0. The largest absolute Gasteiger partial charge is 0.392 e. The van der Waals surface area contributed by atoms with Gasteiger partial charge in [0.2, 0.25) is 0 Å². The summed E-state index contributed by atoms with van der Waals surface area (Å²) in [6.45, 7) is 0. The standard InChI is InChI=1S/C19H21BrO/c20-17-10-8-15(9-11-17)14-18(21)19(12-4-5-13-19)16-6-2-1-3-7-16/h1-3,6-11,18,21H,4-5,12-14H2. The second kappa shape index (κ2) is 6.33. The Kier molecular flexibility index (Phi) is 4.46. The maximum absolute atomic E-state index is 11.0. The second-order valence-corrected chi connectivity index (χ2v) is 6.99. The van der Waals surface area contributed by atoms with E-state index in [2.05, 4.69) is 52.3 Å². The van der Waals surface area contributed by atoms with Crippen molar-refractivity contribution in [2.75, 3.05) is 0 Å². The molecule has 1 fully saturated rings. The van der Waals surface area contributed by atoms with E-state index in [4.69, 9.17) is 0 Å². The molecule has 1 unspecified atom stereocenters. The summed E-state index contributed by atoms with van der Waals surface area (Å²) in [4.78, 5) is 0. The predicted octanol–water partition coefficient (Wildman–Crippen LogP) is 4.86. The first-order valence-corrected chi connectivity index (χ1v) is 8.48. The van der Waals surface area contributed by atoms with E-state index in [1.165, 1.54) is 24.0 Å². The van der Waals surface area contributed by atoms with Crippen LogP contribution in [0, 0.1) is 0 Å². The molecule has 0 bridgehead atoms. The van der Waals surface area contributed by atoms with Crippen LogP contribution in [0.4, 0.5) is 0 Å². The van der Waals surface area contributed by atoms with Gasteiger partial charge in [-0.25, -0.2) is 0 Å². The van der Waals surface area contributed by atoms with Crippen molar-refractivity contribution in [2.24, 2.45) is 0 Å². The molecule has 0 heterocycles. The van der Waals surface area contributed by atoms with E-state index >= 15 is 0 Å². The third-order valence-electron chi connectivity index (χ3n) is 4.82. The van der Waals surface area contributed by atoms with Crippen LogP contribution in [0.3, 0.4) is 0 Å². The Labute approximate surface area is 135 Å². The topological polar surface area (TPSA) is 20.2 Å². The molecule has 0 spiro atoms. The van der Waals surface area contributed by atoms with Gasteiger partial charge in [0.15, 0.2) is 0 Å². The van der Waals surface area contributed by atoms with Gasteiger partial charge in [0.25, 0.3) is 0 Å². The van der Waals surface area contributed by atoms with Gasteiger partial charge in [-0.05, 0) is 42.5 Å². The van der Waals surface area contributed by atoms with Crippen molar-refractivity contribution in [2.45, 2.75) is 43.6 Å². The number of aliphatic hydroxyl groups is 1. The molecular weight excluding hydrogens is 324 g/mol. The second-order valence-electron chi connectivity index (χ2n) is 6.08. The number of hydrogen-bond acceptors (Lipinski definition) is 1. The minimum Gasteiger partial charge on any atom is -0.392 e. The lowest BCUT2D eigenvalue weighted by atomic mass is 9.72. The smallest absolute Gasteiger partial charge is 0.0677 e. The van der Waals surface area contributed by atoms with Crippen molar-refractivity contribution in [3.63, 3.8) is 0 Å². The van der Waals surface area contributed by atoms with Gasteiger partial charge in [-0.1, -0.05) is 71.2 Å². The molecule has 2 aromatic rings. The summed E-state index contributed by atoms with van der Waals surface area (Å²) in [6.07, 6.45) is 5.02. The maximum atomic E-state index is 11.0. The summed E-state index contributed by atoms with van der Waals surface area (Å²) < 4.78 is 1.08. The zero-order valence-corrected chi connectivity index (χ0v) is 13.7. The van der Waals surface area contributed by atoms with Crippen LogP contribution in [0.25, 0.3) is 0 Å². The molecule has 1 atom stereocenters. The van der Waals surface area contributed by atoms with Crippen LogP contribution in [-0.2, 0) is 11.8 Å². The number of benzene rings is 2. The maximum Gasteiger partial charge on any atom is 0.0677 e. The fraction of sp³-hybridized carbons (Fsp3) is 0.368. The van der Waals surface area contributed by atoms with Gasteiger partial charge in [-0.3, -0.25) is 0 Å². The molecule has 2 aromatic carbocycles. The molecule has 0 amide bonds. The monoisotopic (exact) mass is 344 g/mol. The fourth-order valence-corrected chi connectivity index (χ4v) is 3.89. The van der Waals surface area contributed by atoms with Crippen LogP contribution < -0.4 is 0 Å². The average molecular weight is 345 g/mol. The molecule has 3 rings (SSSR count). The number of aliphatic hydroxyl groups excluding tert-OH is 1. The lowest BCUT2D eigenvalue weighted by Gasteiger charge is -2.35. The van der Waals surface area contributed by atoms with E-state index in [0.29, 0.717) is 0 Å². The molecule has 0 aliphatic heterocycles. The van der Waals surface area contributed by atoms with Gasteiger partial charge in [0.05, 0.1) is 6.10 Å². The first-order chi connectivity index (χ1) is 10.2. The number of rotatable bonds is 4. The molecule has 1 aliphatic rings. The van der Waals surface area contributed by atoms with Gasteiger partial charge in [-0.15, -0.1) is 0 Å². The van der Waals surface area contributed by atoms with Crippen molar-refractivity contribution in [3.05, 3.63) is 70.2 Å². The zero-order chi connectivity index (χ0) is 14.7. The summed E-state index contributed by atoms with van der Waals surface area (Å²) in [5.74, 6) is 0. The Morgan fingerprint density at radius 1 is 0.952 bits per heavy atom. The third-order valence-corrected chi connectivity index (χ3v) is 5.35. The molecule has 1 aliphatic carbocycles. The lowest BCUT2D eigenvalue weighted by molar-refractivity contribution is 0.0825. The van der Waals surface area contributed by atoms with Gasteiger partial charge < -0.3 is 5.11 Å². The zero-order valence-electron chi connectivity index (χ0n) is 12.1. The third kappa shape index (κ3) is 3.07. The van der Waals surface area contributed by atoms with Crippen molar-refractivity contribution >= 4 is 15.9 Å². The summed E-state index contributed by atoms with van der Waals surface area (Å²) >= 11 is 3.46. The highest BCUT2D eigenvalue weighted by atomic mass is 79.9. The quantitative estimate of drug-likeness (QED) is 0.839. The Hall–Kier alpha value is -1.12. The van der Waals surface area contributed by atoms with Crippen LogP contribution >= 0.6 is 15.9 Å². The molecule has 1 saturated carbocycles. The van der Waals surface area contributed by atoms with Crippen molar-refractivity contribution < 1.29 is 5.11 Å². The lowest BCUT2D eigenvalue weighted by Crippen LogP contribution is -2.38. The van der Waals surface area contributed by atoms with Crippen LogP contribution in [-0.4, -0.2) is 11.2 Å². The number of hydrogen-bond donors (Lipinski definition) is 1. The predicted molar refractivity (Wildman–Crippen MR) is 90.4 cm³/mol. The van der Waals surface area contributed by atoms with Gasteiger partial charge in [0.1, 0.15) is 0 Å². The SMILES string of the molecule is OC(Cc1ccc(Br)cc1)C1(c2ccccc2)CCCC1. The van der Waals surface area contributed by atoms with Crippen molar-refractivity contribution in [3.8, 4) is 0 Å². The molecule has 0 aromatic heterocycles. The molecule has 2 heteroatoms. The molecule has 0 saturated heterocycles. The molecular formula is C19H21BrO. The Morgan fingerprint density at radius 2 is 1.57 bits per heavy atom. The van der Waals surface area contributed by atoms with E-state index in [1.54, 1.807) is 0 Å². The van der Waals surface area contributed by atoms with Crippen molar-refractivity contribution in [1.29, 1.82) is 0 Å². The molecule has 1 N–H and O–H groups in total. The normalized spacial score (nSPS) is 18.6. The number of halogens is 1. The van der Waals surface area contributed by atoms with Crippen LogP contribution in [0.5, 0.6) is 0 Å². The first-order valence-electron chi connectivity index (χ1n) is 7.69. The highest BCUT2D eigenvalue weighted by Crippen LogP contribution is 2.44. The molecule has 0 radical (unpaired) electrons.